The molecule has 1 unspecified atom stereocenters. The maximum Gasteiger partial charge on any atom is 0.298 e. The van der Waals surface area contributed by atoms with Crippen molar-refractivity contribution in [3.05, 3.63) is 24.3 Å². The van der Waals surface area contributed by atoms with Crippen molar-refractivity contribution in [3.8, 4) is 0 Å². The van der Waals surface area contributed by atoms with Gasteiger partial charge in [-0.3, -0.25) is 0 Å². The third-order valence-corrected chi connectivity index (χ3v) is 3.57. The molecule has 1 aliphatic rings. The lowest BCUT2D eigenvalue weighted by Crippen LogP contribution is -2.19. The summed E-state index contributed by atoms with van der Waals surface area (Å²) in [6.07, 6.45) is 2.27. The van der Waals surface area contributed by atoms with Gasteiger partial charge in [-0.1, -0.05) is 12.1 Å². The van der Waals surface area contributed by atoms with E-state index in [0.29, 0.717) is 5.92 Å². The van der Waals surface area contributed by atoms with Gasteiger partial charge in [-0.25, -0.2) is 0 Å². The largest absolute Gasteiger partial charge is 0.423 e. The first-order chi connectivity index (χ1) is 8.36. The molecule has 0 spiro atoms. The minimum absolute atomic E-state index is 0.683. The molecule has 1 fully saturated rings. The molecule has 1 aromatic carbocycles. The van der Waals surface area contributed by atoms with Crippen molar-refractivity contribution in [1.29, 1.82) is 0 Å². The fourth-order valence-corrected chi connectivity index (χ4v) is 2.70. The van der Waals surface area contributed by atoms with Gasteiger partial charge in [0.15, 0.2) is 5.58 Å². The number of oxazole rings is 1. The van der Waals surface area contributed by atoms with Gasteiger partial charge in [0.1, 0.15) is 5.52 Å². The first-order valence-corrected chi connectivity index (χ1v) is 6.57. The third kappa shape index (κ3) is 2.12. The van der Waals surface area contributed by atoms with E-state index in [-0.39, 0.29) is 0 Å². The third-order valence-electron chi connectivity index (χ3n) is 3.36. The van der Waals surface area contributed by atoms with Crippen LogP contribution < -0.4 is 4.90 Å². The van der Waals surface area contributed by atoms with Gasteiger partial charge in [0.05, 0.1) is 0 Å². The van der Waals surface area contributed by atoms with Crippen LogP contribution in [0.5, 0.6) is 0 Å². The number of hydrogen-bond donors (Lipinski definition) is 0. The second-order valence-electron chi connectivity index (χ2n) is 4.54. The Kier molecular flexibility index (Phi) is 2.93. The van der Waals surface area contributed by atoms with Crippen LogP contribution in [-0.4, -0.2) is 24.0 Å². The number of rotatable bonds is 3. The zero-order valence-corrected chi connectivity index (χ0v) is 10.4. The van der Waals surface area contributed by atoms with Crippen molar-refractivity contribution in [1.82, 2.24) is 4.98 Å². The van der Waals surface area contributed by atoms with Crippen molar-refractivity contribution >= 4 is 28.7 Å². The average Bonchev–Trinajstić information content (AvgIpc) is 2.94. The number of alkyl halides is 1. The van der Waals surface area contributed by atoms with Crippen LogP contribution in [0.2, 0.25) is 0 Å². The van der Waals surface area contributed by atoms with E-state index in [9.17, 15) is 0 Å². The summed E-state index contributed by atoms with van der Waals surface area (Å²) in [5.41, 5.74) is 1.80. The molecular formula is C13H15ClN2O. The minimum Gasteiger partial charge on any atom is -0.423 e. The summed E-state index contributed by atoms with van der Waals surface area (Å²) < 4.78 is 5.76. The second-order valence-corrected chi connectivity index (χ2v) is 4.92. The van der Waals surface area contributed by atoms with E-state index >= 15 is 0 Å². The first-order valence-electron chi connectivity index (χ1n) is 6.03. The summed E-state index contributed by atoms with van der Waals surface area (Å²) in [6, 6.07) is 8.64. The lowest BCUT2D eigenvalue weighted by molar-refractivity contribution is 0.554. The van der Waals surface area contributed by atoms with Crippen LogP contribution in [0.4, 0.5) is 6.01 Å². The molecule has 4 heteroatoms. The number of benzene rings is 1. The van der Waals surface area contributed by atoms with E-state index in [1.807, 2.05) is 24.3 Å². The Morgan fingerprint density at radius 1 is 1.41 bits per heavy atom. The lowest BCUT2D eigenvalue weighted by Gasteiger charge is -2.12. The summed E-state index contributed by atoms with van der Waals surface area (Å²) in [4.78, 5) is 6.74. The van der Waals surface area contributed by atoms with Crippen molar-refractivity contribution < 1.29 is 4.42 Å². The SMILES string of the molecule is ClCCC1CCN(c2nc3ccccc3o2)C1. The van der Waals surface area contributed by atoms with Crippen molar-refractivity contribution in [3.63, 3.8) is 0 Å². The lowest BCUT2D eigenvalue weighted by atomic mass is 10.1. The molecule has 0 saturated carbocycles. The van der Waals surface area contributed by atoms with E-state index in [2.05, 4.69) is 9.88 Å². The maximum atomic E-state index is 5.78. The van der Waals surface area contributed by atoms with Gasteiger partial charge < -0.3 is 9.32 Å². The molecule has 1 atom stereocenters. The van der Waals surface area contributed by atoms with Gasteiger partial charge in [0.25, 0.3) is 6.01 Å². The molecule has 0 bridgehead atoms. The van der Waals surface area contributed by atoms with Crippen molar-refractivity contribution in [2.24, 2.45) is 5.92 Å². The average molecular weight is 251 g/mol. The predicted octanol–water partition coefficient (Wildman–Crippen LogP) is 3.28. The molecule has 17 heavy (non-hydrogen) atoms. The molecule has 0 aliphatic carbocycles. The summed E-state index contributed by atoms with van der Waals surface area (Å²) in [6.45, 7) is 2.04. The quantitative estimate of drug-likeness (QED) is 0.783. The van der Waals surface area contributed by atoms with Crippen molar-refractivity contribution in [2.75, 3.05) is 23.9 Å². The predicted molar refractivity (Wildman–Crippen MR) is 69.7 cm³/mol. The zero-order valence-electron chi connectivity index (χ0n) is 9.60. The van der Waals surface area contributed by atoms with E-state index in [1.165, 1.54) is 6.42 Å². The molecule has 2 aromatic rings. The Balaban J connectivity index is 1.80. The van der Waals surface area contributed by atoms with Gasteiger partial charge >= 0.3 is 0 Å². The molecule has 90 valence electrons. The second kappa shape index (κ2) is 4.57. The summed E-state index contributed by atoms with van der Waals surface area (Å²) in [5.74, 6) is 1.43. The van der Waals surface area contributed by atoms with Crippen LogP contribution in [-0.2, 0) is 0 Å². The van der Waals surface area contributed by atoms with E-state index in [1.54, 1.807) is 0 Å². The number of aromatic nitrogens is 1. The van der Waals surface area contributed by atoms with E-state index < -0.39 is 0 Å². The van der Waals surface area contributed by atoms with Gasteiger partial charge in [0.2, 0.25) is 0 Å². The highest BCUT2D eigenvalue weighted by atomic mass is 35.5. The number of halogens is 1. The number of fused-ring (bicyclic) bond motifs is 1. The van der Waals surface area contributed by atoms with Crippen LogP contribution in [0.25, 0.3) is 11.1 Å². The highest BCUT2D eigenvalue weighted by Gasteiger charge is 2.25. The molecule has 0 radical (unpaired) electrons. The molecule has 2 heterocycles. The Labute approximate surface area is 105 Å². The molecule has 3 nitrogen and oxygen atoms in total. The van der Waals surface area contributed by atoms with Crippen LogP contribution >= 0.6 is 11.6 Å². The minimum atomic E-state index is 0.683. The number of hydrogen-bond acceptors (Lipinski definition) is 3. The van der Waals surface area contributed by atoms with Crippen LogP contribution in [0, 0.1) is 5.92 Å². The highest BCUT2D eigenvalue weighted by molar-refractivity contribution is 6.17. The van der Waals surface area contributed by atoms with Crippen LogP contribution in [0.3, 0.4) is 0 Å². The maximum absolute atomic E-state index is 5.78. The number of anilines is 1. The van der Waals surface area contributed by atoms with Gasteiger partial charge in [-0.2, -0.15) is 4.98 Å². The fourth-order valence-electron chi connectivity index (χ4n) is 2.39. The molecule has 0 amide bonds. The topological polar surface area (TPSA) is 29.3 Å². The summed E-state index contributed by atoms with van der Waals surface area (Å²) in [5, 5.41) is 0. The van der Waals surface area contributed by atoms with Crippen LogP contribution in [0.1, 0.15) is 12.8 Å². The first kappa shape index (κ1) is 10.9. The van der Waals surface area contributed by atoms with E-state index in [0.717, 1.165) is 42.5 Å². The Morgan fingerprint density at radius 3 is 3.12 bits per heavy atom. The van der Waals surface area contributed by atoms with Gasteiger partial charge in [0, 0.05) is 19.0 Å². The van der Waals surface area contributed by atoms with Gasteiger partial charge in [-0.05, 0) is 30.9 Å². The Bertz CT molecular complexity index is 478. The summed E-state index contributed by atoms with van der Waals surface area (Å²) in [7, 11) is 0. The molecule has 1 saturated heterocycles. The molecule has 3 rings (SSSR count). The Hall–Kier alpha value is -1.22. The highest BCUT2D eigenvalue weighted by Crippen LogP contribution is 2.28. The monoisotopic (exact) mass is 250 g/mol. The summed E-state index contributed by atoms with van der Waals surface area (Å²) >= 11 is 5.78. The standard InChI is InChI=1S/C13H15ClN2O/c14-7-5-10-6-8-16(9-10)13-15-11-3-1-2-4-12(11)17-13/h1-4,10H,5-9H2. The van der Waals surface area contributed by atoms with Crippen LogP contribution in [0.15, 0.2) is 28.7 Å². The van der Waals surface area contributed by atoms with Gasteiger partial charge in [-0.15, -0.1) is 11.6 Å². The zero-order chi connectivity index (χ0) is 11.7. The van der Waals surface area contributed by atoms with Crippen molar-refractivity contribution in [2.45, 2.75) is 12.8 Å². The molecule has 1 aliphatic heterocycles. The fraction of sp³-hybridized carbons (Fsp3) is 0.462. The molecule has 1 aromatic heterocycles. The number of para-hydroxylation sites is 2. The normalized spacial score (nSPS) is 20.3. The Morgan fingerprint density at radius 2 is 2.29 bits per heavy atom. The molecule has 0 N–H and O–H groups in total. The number of nitrogens with zero attached hydrogens (tertiary/aromatic N) is 2. The van der Waals surface area contributed by atoms with E-state index in [4.69, 9.17) is 16.0 Å². The molecular weight excluding hydrogens is 236 g/mol. The smallest absolute Gasteiger partial charge is 0.298 e.